The summed E-state index contributed by atoms with van der Waals surface area (Å²) in [5.41, 5.74) is 9.68. The summed E-state index contributed by atoms with van der Waals surface area (Å²) in [5, 5.41) is 25.0. The summed E-state index contributed by atoms with van der Waals surface area (Å²) in [7, 11) is 0. The van der Waals surface area contributed by atoms with Gasteiger partial charge in [0.2, 0.25) is 0 Å². The molecule has 384 valence electrons. The summed E-state index contributed by atoms with van der Waals surface area (Å²) in [6, 6.07) is 90.6. The van der Waals surface area contributed by atoms with E-state index in [1.807, 2.05) is 12.1 Å². The van der Waals surface area contributed by atoms with Crippen molar-refractivity contribution in [3.63, 3.8) is 0 Å². The van der Waals surface area contributed by atoms with Crippen LogP contribution in [0.5, 0.6) is 0 Å². The number of nitrogens with zero attached hydrogens (tertiary/aromatic N) is 1. The lowest BCUT2D eigenvalue weighted by Gasteiger charge is -2.10. The molecule has 0 aliphatic carbocycles. The Morgan fingerprint density at radius 1 is 0.250 bits per heavy atom. The van der Waals surface area contributed by atoms with Crippen LogP contribution in [-0.2, 0) is 0 Å². The normalized spacial score (nSPS) is 11.5. The number of hydrogen-bond acceptors (Lipinski definition) is 2. The first-order chi connectivity index (χ1) is 38.1. The van der Waals surface area contributed by atoms with Gasteiger partial charge in [-0.05, 0) is 150 Å². The van der Waals surface area contributed by atoms with Crippen LogP contribution in [0.4, 0.5) is 0 Å². The largest absolute Gasteiger partial charge is 0.456 e. The number of benzene rings is 14. The molecule has 0 unspecified atom stereocenters. The van der Waals surface area contributed by atoms with Crippen LogP contribution in [0.3, 0.4) is 0 Å². The minimum atomic E-state index is 0. The molecule has 0 bridgehead atoms. The number of furan rings is 2. The third-order valence-corrected chi connectivity index (χ3v) is 16.4. The van der Waals surface area contributed by atoms with E-state index in [4.69, 9.17) is 8.83 Å². The molecule has 4 nitrogen and oxygen atoms in total. The Kier molecular flexibility index (Phi) is 12.2. The summed E-state index contributed by atoms with van der Waals surface area (Å²) in [6.45, 7) is 0. The van der Waals surface area contributed by atoms with Crippen LogP contribution in [0, 0.1) is 0 Å². The van der Waals surface area contributed by atoms with E-state index in [0.717, 1.165) is 54.0 Å². The molecule has 5 heteroatoms. The molecule has 0 saturated heterocycles. The lowest BCUT2D eigenvalue weighted by Crippen LogP contribution is -1.93. The van der Waals surface area contributed by atoms with Gasteiger partial charge in [0.15, 0.2) is 0 Å². The minimum absolute atomic E-state index is 0. The second-order valence-electron chi connectivity index (χ2n) is 20.1. The van der Waals surface area contributed by atoms with E-state index in [2.05, 4.69) is 268 Å². The van der Waals surface area contributed by atoms with Gasteiger partial charge >= 0.3 is 0 Å². The number of fused-ring (bicyclic) bond motifs is 24. The summed E-state index contributed by atoms with van der Waals surface area (Å²) in [4.78, 5) is 3.38. The SMILES string of the molecule is Brc1ccc2oc3cc4c5ccccc5c5ccccc5c4cc3c2c1.C.C.C.c1ccc2c(c1)[nH]c1ccccc12.c1ccc2c(c1)c1ccccc1c1cc3c(cc21)oc1ccc(-n2c4ccccc4c4ccccc42)cc13. The number of H-pyrrole nitrogens is 1. The van der Waals surface area contributed by atoms with Crippen molar-refractivity contribution < 1.29 is 8.83 Å². The second kappa shape index (κ2) is 19.7. The van der Waals surface area contributed by atoms with Crippen molar-refractivity contribution in [3.8, 4) is 5.69 Å². The second-order valence-corrected chi connectivity index (χ2v) is 21.0. The van der Waals surface area contributed by atoms with Gasteiger partial charge in [-0.15, -0.1) is 0 Å². The molecule has 0 atom stereocenters. The Labute approximate surface area is 470 Å². The van der Waals surface area contributed by atoms with Crippen molar-refractivity contribution in [2.24, 2.45) is 0 Å². The van der Waals surface area contributed by atoms with E-state index < -0.39 is 0 Å². The maximum atomic E-state index is 6.46. The van der Waals surface area contributed by atoms with E-state index in [-0.39, 0.29) is 22.3 Å². The average Bonchev–Trinajstić information content (AvgIpc) is 4.40. The predicted octanol–water partition coefficient (Wildman–Crippen LogP) is 23.2. The van der Waals surface area contributed by atoms with Crippen LogP contribution in [0.2, 0.25) is 0 Å². The van der Waals surface area contributed by atoms with Gasteiger partial charge in [-0.1, -0.05) is 208 Å². The molecule has 14 aromatic carbocycles. The van der Waals surface area contributed by atoms with Crippen LogP contribution < -0.4 is 0 Å². The van der Waals surface area contributed by atoms with Gasteiger partial charge in [-0.3, -0.25) is 0 Å². The smallest absolute Gasteiger partial charge is 0.136 e. The van der Waals surface area contributed by atoms with Gasteiger partial charge in [0.25, 0.3) is 0 Å². The average molecular weight is 1100 g/mol. The highest BCUT2D eigenvalue weighted by molar-refractivity contribution is 9.10. The third-order valence-electron chi connectivity index (χ3n) is 15.9. The number of para-hydroxylation sites is 4. The molecule has 0 saturated carbocycles. The topological polar surface area (TPSA) is 47.0 Å². The predicted molar refractivity (Wildman–Crippen MR) is 351 cm³/mol. The fourth-order valence-electron chi connectivity index (χ4n) is 12.4. The van der Waals surface area contributed by atoms with Crippen molar-refractivity contribution >= 4 is 168 Å². The van der Waals surface area contributed by atoms with Gasteiger partial charge in [0, 0.05) is 64.3 Å². The monoisotopic (exact) mass is 1090 g/mol. The molecular formula is C75H55BrN2O2. The molecule has 80 heavy (non-hydrogen) atoms. The van der Waals surface area contributed by atoms with E-state index in [9.17, 15) is 0 Å². The van der Waals surface area contributed by atoms with Gasteiger partial charge in [-0.25, -0.2) is 0 Å². The fraction of sp³-hybridized carbons (Fsp3) is 0.0400. The van der Waals surface area contributed by atoms with E-state index in [1.54, 1.807) is 0 Å². The highest BCUT2D eigenvalue weighted by Crippen LogP contribution is 2.43. The molecule has 0 aliphatic heterocycles. The standard InChI is InChI=1S/C36H21NO.C24H13BrO.C12H9N.3CH4/c1-3-11-25-23(9-1)24-10-2-4-12-26(24)30-21-36-32(20-29(25)30)31-19-22(17-18-35(31)38-36)37-33-15-7-5-13-27(33)28-14-6-8-16-34(28)37;25-14-9-10-23-21(11-14)22-12-19-17-7-3-1-5-15(17)16-6-2-4-8-18(16)20(19)13-24(22)26-23;1-3-7-11-9(5-1)10-6-2-4-8-12(10)13-11;;;/h1-21H;1-13H;1-8,13H;3*1H4. The van der Waals surface area contributed by atoms with Crippen LogP contribution in [0.25, 0.3) is 158 Å². The van der Waals surface area contributed by atoms with Gasteiger partial charge in [0.1, 0.15) is 22.3 Å². The number of aromatic nitrogens is 2. The number of aromatic amines is 1. The van der Waals surface area contributed by atoms with Crippen LogP contribution in [0.1, 0.15) is 22.3 Å². The number of hydrogen-bond donors (Lipinski definition) is 1. The molecule has 4 heterocycles. The van der Waals surface area contributed by atoms with Crippen molar-refractivity contribution in [2.75, 3.05) is 0 Å². The van der Waals surface area contributed by atoms with Crippen LogP contribution in [0.15, 0.2) is 268 Å². The molecule has 0 aliphatic rings. The first-order valence-corrected chi connectivity index (χ1v) is 26.9. The molecule has 0 spiro atoms. The van der Waals surface area contributed by atoms with Crippen LogP contribution >= 0.6 is 15.9 Å². The Morgan fingerprint density at radius 3 is 0.988 bits per heavy atom. The third kappa shape index (κ3) is 7.72. The highest BCUT2D eigenvalue weighted by atomic mass is 79.9. The Balaban J connectivity index is 0.000000124. The molecular weight excluding hydrogens is 1040 g/mol. The van der Waals surface area contributed by atoms with E-state index >= 15 is 0 Å². The lowest BCUT2D eigenvalue weighted by atomic mass is 9.93. The van der Waals surface area contributed by atoms with Crippen molar-refractivity contribution in [1.29, 1.82) is 0 Å². The van der Waals surface area contributed by atoms with Gasteiger partial charge in [-0.2, -0.15) is 0 Å². The molecule has 18 aromatic rings. The quantitative estimate of drug-likeness (QED) is 0.167. The molecule has 0 radical (unpaired) electrons. The van der Waals surface area contributed by atoms with Crippen LogP contribution in [-0.4, -0.2) is 9.55 Å². The molecule has 4 aromatic heterocycles. The van der Waals surface area contributed by atoms with Crippen molar-refractivity contribution in [1.82, 2.24) is 9.55 Å². The Hall–Kier alpha value is -9.68. The van der Waals surface area contributed by atoms with Crippen molar-refractivity contribution in [3.05, 3.63) is 259 Å². The Bertz CT molecular complexity index is 5340. The lowest BCUT2D eigenvalue weighted by molar-refractivity contribution is 0.669. The van der Waals surface area contributed by atoms with Gasteiger partial charge in [0.05, 0.1) is 11.0 Å². The molecule has 18 rings (SSSR count). The maximum absolute atomic E-state index is 6.46. The zero-order chi connectivity index (χ0) is 50.7. The zero-order valence-electron chi connectivity index (χ0n) is 41.4. The molecule has 0 amide bonds. The molecule has 0 fully saturated rings. The van der Waals surface area contributed by atoms with E-state index in [0.29, 0.717) is 0 Å². The van der Waals surface area contributed by atoms with Crippen molar-refractivity contribution in [2.45, 2.75) is 22.3 Å². The summed E-state index contributed by atoms with van der Waals surface area (Å²) >= 11 is 3.58. The van der Waals surface area contributed by atoms with Gasteiger partial charge < -0.3 is 18.4 Å². The molecule has 1 N–H and O–H groups in total. The number of halogens is 1. The summed E-state index contributed by atoms with van der Waals surface area (Å²) in [5.74, 6) is 0. The number of rotatable bonds is 1. The first kappa shape index (κ1) is 49.9. The summed E-state index contributed by atoms with van der Waals surface area (Å²) in [6.07, 6.45) is 0. The number of nitrogens with one attached hydrogen (secondary N) is 1. The van der Waals surface area contributed by atoms with E-state index in [1.165, 1.54) is 108 Å². The first-order valence-electron chi connectivity index (χ1n) is 26.1. The maximum Gasteiger partial charge on any atom is 0.136 e. The zero-order valence-corrected chi connectivity index (χ0v) is 43.0. The Morgan fingerprint density at radius 2 is 0.562 bits per heavy atom. The fourth-order valence-corrected chi connectivity index (χ4v) is 12.8. The highest BCUT2D eigenvalue weighted by Gasteiger charge is 2.18. The minimum Gasteiger partial charge on any atom is -0.456 e. The summed E-state index contributed by atoms with van der Waals surface area (Å²) < 4.78 is 16.0.